The Morgan fingerprint density at radius 2 is 1.47 bits per heavy atom. The first-order valence-corrected chi connectivity index (χ1v) is 7.63. The maximum Gasteiger partial charge on any atom is 0.226 e. The van der Waals surface area contributed by atoms with E-state index in [-0.39, 0.29) is 0 Å². The van der Waals surface area contributed by atoms with E-state index in [1.807, 2.05) is 0 Å². The van der Waals surface area contributed by atoms with Gasteiger partial charge >= 0.3 is 0 Å². The molecule has 2 saturated heterocycles. The van der Waals surface area contributed by atoms with Gasteiger partial charge in [-0.25, -0.2) is 0 Å². The van der Waals surface area contributed by atoms with Crippen molar-refractivity contribution in [3.05, 3.63) is 0 Å². The third kappa shape index (κ3) is 1.56. The van der Waals surface area contributed by atoms with E-state index >= 15 is 0 Å². The number of hydrogen-bond acceptors (Lipinski definition) is 1. The van der Waals surface area contributed by atoms with Crippen LogP contribution in [0.5, 0.6) is 0 Å². The zero-order chi connectivity index (χ0) is 11.4. The minimum absolute atomic E-state index is 0.409. The summed E-state index contributed by atoms with van der Waals surface area (Å²) in [7, 11) is 0. The maximum atomic E-state index is 12.7. The van der Waals surface area contributed by atoms with Gasteiger partial charge in [0, 0.05) is 18.0 Å². The van der Waals surface area contributed by atoms with Gasteiger partial charge in [0.15, 0.2) is 0 Å². The van der Waals surface area contributed by atoms with Crippen LogP contribution in [0.15, 0.2) is 0 Å². The predicted octanol–water partition coefficient (Wildman–Crippen LogP) is 2.97. The first-order valence-electron chi connectivity index (χ1n) is 7.63. The van der Waals surface area contributed by atoms with Crippen molar-refractivity contribution in [1.82, 2.24) is 4.90 Å². The largest absolute Gasteiger partial charge is 0.336 e. The van der Waals surface area contributed by atoms with Gasteiger partial charge in [0.1, 0.15) is 0 Å². The normalized spacial score (nSPS) is 45.6. The molecule has 0 radical (unpaired) electrons. The van der Waals surface area contributed by atoms with E-state index in [1.54, 1.807) is 0 Å². The summed E-state index contributed by atoms with van der Waals surface area (Å²) in [5, 5.41) is 0. The molecule has 1 amide bonds. The molecule has 0 N–H and O–H groups in total. The van der Waals surface area contributed by atoms with Crippen molar-refractivity contribution in [3.8, 4) is 0 Å². The first-order chi connectivity index (χ1) is 8.31. The average molecular weight is 233 g/mol. The maximum absolute atomic E-state index is 12.7. The topological polar surface area (TPSA) is 20.3 Å². The SMILES string of the molecule is O=C1C2CC3CC(C2)CC(C3)N1C1CCCC1. The third-order valence-corrected chi connectivity index (χ3v) is 5.83. The van der Waals surface area contributed by atoms with Crippen LogP contribution < -0.4 is 0 Å². The second-order valence-electron chi connectivity index (χ2n) is 6.95. The summed E-state index contributed by atoms with van der Waals surface area (Å²) >= 11 is 0. The summed E-state index contributed by atoms with van der Waals surface area (Å²) < 4.78 is 0. The van der Waals surface area contributed by atoms with Crippen molar-refractivity contribution in [2.75, 3.05) is 0 Å². The molecule has 2 aliphatic heterocycles. The highest BCUT2D eigenvalue weighted by Gasteiger charge is 2.48. The summed E-state index contributed by atoms with van der Waals surface area (Å²) in [4.78, 5) is 15.1. The zero-order valence-electron chi connectivity index (χ0n) is 10.6. The van der Waals surface area contributed by atoms with Crippen LogP contribution in [0.4, 0.5) is 0 Å². The van der Waals surface area contributed by atoms with Crippen molar-refractivity contribution < 1.29 is 4.79 Å². The minimum Gasteiger partial charge on any atom is -0.336 e. The monoisotopic (exact) mass is 233 g/mol. The van der Waals surface area contributed by atoms with Crippen molar-refractivity contribution >= 4 is 5.91 Å². The molecule has 0 aromatic carbocycles. The molecular weight excluding hydrogens is 210 g/mol. The van der Waals surface area contributed by atoms with Gasteiger partial charge < -0.3 is 4.90 Å². The summed E-state index contributed by atoms with van der Waals surface area (Å²) in [6.07, 6.45) is 11.8. The molecule has 5 aliphatic rings. The lowest BCUT2D eigenvalue weighted by molar-refractivity contribution is -0.138. The molecule has 3 saturated carbocycles. The van der Waals surface area contributed by atoms with Gasteiger partial charge in [-0.1, -0.05) is 12.8 Å². The highest BCUT2D eigenvalue weighted by Crippen LogP contribution is 2.49. The second kappa shape index (κ2) is 3.73. The van der Waals surface area contributed by atoms with Crippen LogP contribution in [-0.4, -0.2) is 22.9 Å². The van der Waals surface area contributed by atoms with Gasteiger partial charge in [0.05, 0.1) is 0 Å². The van der Waals surface area contributed by atoms with Crippen LogP contribution in [0, 0.1) is 17.8 Å². The van der Waals surface area contributed by atoms with Crippen LogP contribution in [0.2, 0.25) is 0 Å². The molecule has 94 valence electrons. The van der Waals surface area contributed by atoms with Crippen LogP contribution in [0.3, 0.4) is 0 Å². The van der Waals surface area contributed by atoms with Crippen molar-refractivity contribution in [2.45, 2.75) is 69.9 Å². The van der Waals surface area contributed by atoms with Gasteiger partial charge in [-0.15, -0.1) is 0 Å². The number of hydrogen-bond donors (Lipinski definition) is 0. The molecule has 5 rings (SSSR count). The van der Waals surface area contributed by atoms with E-state index in [0.29, 0.717) is 23.9 Å². The molecule has 2 nitrogen and oxygen atoms in total. The molecule has 3 aliphatic carbocycles. The molecule has 2 heteroatoms. The lowest BCUT2D eigenvalue weighted by Crippen LogP contribution is -2.46. The van der Waals surface area contributed by atoms with Crippen LogP contribution >= 0.6 is 0 Å². The molecular formula is C15H23NO. The quantitative estimate of drug-likeness (QED) is 0.682. The smallest absolute Gasteiger partial charge is 0.226 e. The number of amides is 1. The van der Waals surface area contributed by atoms with Gasteiger partial charge in [0.2, 0.25) is 5.91 Å². The Labute approximate surface area is 104 Å². The predicted molar refractivity (Wildman–Crippen MR) is 66.4 cm³/mol. The van der Waals surface area contributed by atoms with Crippen molar-refractivity contribution in [2.24, 2.45) is 17.8 Å². The lowest BCUT2D eigenvalue weighted by Gasteiger charge is -2.40. The Balaban J connectivity index is 1.67. The zero-order valence-corrected chi connectivity index (χ0v) is 10.6. The van der Waals surface area contributed by atoms with Crippen molar-refractivity contribution in [1.29, 1.82) is 0 Å². The molecule has 4 bridgehead atoms. The summed E-state index contributed by atoms with van der Waals surface area (Å²) in [5.41, 5.74) is 0. The summed E-state index contributed by atoms with van der Waals surface area (Å²) in [6.45, 7) is 0. The highest BCUT2D eigenvalue weighted by molar-refractivity contribution is 5.80. The van der Waals surface area contributed by atoms with E-state index in [9.17, 15) is 4.79 Å². The minimum atomic E-state index is 0.409. The Kier molecular flexibility index (Phi) is 2.28. The number of carbonyl (C=O) groups excluding carboxylic acids is 1. The van der Waals surface area contributed by atoms with E-state index in [0.717, 1.165) is 11.8 Å². The van der Waals surface area contributed by atoms with E-state index in [1.165, 1.54) is 57.8 Å². The fourth-order valence-corrected chi connectivity index (χ4v) is 5.30. The molecule has 5 fully saturated rings. The Morgan fingerprint density at radius 3 is 2.12 bits per heavy atom. The van der Waals surface area contributed by atoms with E-state index in [4.69, 9.17) is 0 Å². The average Bonchev–Trinajstić information content (AvgIpc) is 2.76. The molecule has 0 aromatic rings. The van der Waals surface area contributed by atoms with Gasteiger partial charge in [-0.05, 0) is 56.8 Å². The molecule has 0 spiro atoms. The molecule has 2 atom stereocenters. The third-order valence-electron chi connectivity index (χ3n) is 5.83. The Bertz CT molecular complexity index is 320. The number of rotatable bonds is 1. The standard InChI is InChI=1S/C15H23NO/c17-15-12-6-10-5-11(7-12)9-14(8-10)16(15)13-3-1-2-4-13/h10-14H,1-9H2. The number of nitrogens with zero attached hydrogens (tertiary/aromatic N) is 1. The molecule has 2 heterocycles. The lowest BCUT2D eigenvalue weighted by atomic mass is 9.68. The van der Waals surface area contributed by atoms with Gasteiger partial charge in [-0.2, -0.15) is 0 Å². The number of fused-ring (bicyclic) bond motifs is 1. The fourth-order valence-electron chi connectivity index (χ4n) is 5.30. The van der Waals surface area contributed by atoms with Gasteiger partial charge in [-0.3, -0.25) is 4.79 Å². The van der Waals surface area contributed by atoms with Crippen LogP contribution in [0.1, 0.15) is 57.8 Å². The van der Waals surface area contributed by atoms with E-state index < -0.39 is 0 Å². The summed E-state index contributed by atoms with van der Waals surface area (Å²) in [6, 6.07) is 1.24. The Hall–Kier alpha value is -0.530. The highest BCUT2D eigenvalue weighted by atomic mass is 16.2. The molecule has 0 aromatic heterocycles. The molecule has 2 unspecified atom stereocenters. The first kappa shape index (κ1) is 10.4. The van der Waals surface area contributed by atoms with Gasteiger partial charge in [0.25, 0.3) is 0 Å². The summed E-state index contributed by atoms with van der Waals surface area (Å²) in [5.74, 6) is 2.72. The van der Waals surface area contributed by atoms with E-state index in [2.05, 4.69) is 4.90 Å². The van der Waals surface area contributed by atoms with Crippen molar-refractivity contribution in [3.63, 3.8) is 0 Å². The fraction of sp³-hybridized carbons (Fsp3) is 0.933. The second-order valence-corrected chi connectivity index (χ2v) is 6.95. The van der Waals surface area contributed by atoms with Crippen LogP contribution in [-0.2, 0) is 4.79 Å². The Morgan fingerprint density at radius 1 is 0.824 bits per heavy atom. The molecule has 17 heavy (non-hydrogen) atoms. The number of carbonyl (C=O) groups is 1. The van der Waals surface area contributed by atoms with Crippen LogP contribution in [0.25, 0.3) is 0 Å².